The molecule has 0 radical (unpaired) electrons. The van der Waals surface area contributed by atoms with Gasteiger partial charge in [-0.15, -0.1) is 0 Å². The lowest BCUT2D eigenvalue weighted by Gasteiger charge is -2.44. The predicted octanol–water partition coefficient (Wildman–Crippen LogP) is 4.02. The van der Waals surface area contributed by atoms with Gasteiger partial charge in [0.2, 0.25) is 0 Å². The molecule has 2 heterocycles. The van der Waals surface area contributed by atoms with Crippen LogP contribution in [0.25, 0.3) is 0 Å². The van der Waals surface area contributed by atoms with Crippen molar-refractivity contribution >= 4 is 37.5 Å². The van der Waals surface area contributed by atoms with Gasteiger partial charge in [-0.25, -0.2) is 0 Å². The second kappa shape index (κ2) is 5.74. The quantitative estimate of drug-likeness (QED) is 0.707. The zero-order chi connectivity index (χ0) is 13.4. The van der Waals surface area contributed by atoms with E-state index in [2.05, 4.69) is 66.8 Å². The van der Waals surface area contributed by atoms with Gasteiger partial charge in [0, 0.05) is 40.7 Å². The van der Waals surface area contributed by atoms with Gasteiger partial charge in [0.15, 0.2) is 0 Å². The van der Waals surface area contributed by atoms with E-state index in [9.17, 15) is 0 Å². The fourth-order valence-corrected chi connectivity index (χ4v) is 4.32. The second-order valence-corrected chi connectivity index (χ2v) is 7.18. The van der Waals surface area contributed by atoms with Crippen molar-refractivity contribution in [2.75, 3.05) is 24.5 Å². The number of fused-ring (bicyclic) bond motifs is 1. The highest BCUT2D eigenvalue weighted by atomic mass is 79.9. The largest absolute Gasteiger partial charge is 0.366 e. The van der Waals surface area contributed by atoms with Crippen molar-refractivity contribution in [1.82, 2.24) is 4.90 Å². The van der Waals surface area contributed by atoms with Crippen molar-refractivity contribution in [2.45, 2.75) is 37.2 Å². The maximum Gasteiger partial charge on any atom is 0.0411 e. The van der Waals surface area contributed by atoms with Gasteiger partial charge in [0.25, 0.3) is 0 Å². The van der Waals surface area contributed by atoms with E-state index in [1.807, 2.05) is 0 Å². The highest BCUT2D eigenvalue weighted by Crippen LogP contribution is 2.32. The third kappa shape index (κ3) is 2.72. The van der Waals surface area contributed by atoms with Gasteiger partial charge in [-0.05, 0) is 50.1 Å². The Hall–Kier alpha value is -0.0600. The van der Waals surface area contributed by atoms with Crippen LogP contribution in [-0.4, -0.2) is 36.6 Å². The first-order valence-corrected chi connectivity index (χ1v) is 8.95. The highest BCUT2D eigenvalue weighted by Gasteiger charge is 2.34. The van der Waals surface area contributed by atoms with Crippen LogP contribution in [0, 0.1) is 0 Å². The summed E-state index contributed by atoms with van der Waals surface area (Å²) in [4.78, 5) is 5.28. The zero-order valence-electron chi connectivity index (χ0n) is 11.3. The number of hydrogen-bond donors (Lipinski definition) is 0. The number of hydrogen-bond acceptors (Lipinski definition) is 2. The molecular formula is C15H20Br2N2. The number of alkyl halides is 1. The van der Waals surface area contributed by atoms with Crippen LogP contribution >= 0.6 is 31.9 Å². The van der Waals surface area contributed by atoms with Crippen LogP contribution in [-0.2, 0) is 5.33 Å². The molecule has 1 aromatic carbocycles. The Morgan fingerprint density at radius 3 is 2.95 bits per heavy atom. The van der Waals surface area contributed by atoms with Crippen LogP contribution < -0.4 is 4.90 Å². The van der Waals surface area contributed by atoms with Crippen molar-refractivity contribution in [2.24, 2.45) is 0 Å². The first kappa shape index (κ1) is 13.9. The summed E-state index contributed by atoms with van der Waals surface area (Å²) in [6.07, 6.45) is 2.74. The van der Waals surface area contributed by atoms with Gasteiger partial charge in [-0.1, -0.05) is 31.9 Å². The van der Waals surface area contributed by atoms with Gasteiger partial charge in [-0.3, -0.25) is 4.90 Å². The minimum Gasteiger partial charge on any atom is -0.366 e. The van der Waals surface area contributed by atoms with Gasteiger partial charge < -0.3 is 4.90 Å². The van der Waals surface area contributed by atoms with E-state index in [0.29, 0.717) is 6.04 Å². The third-order valence-electron chi connectivity index (χ3n) is 4.43. The van der Waals surface area contributed by atoms with Gasteiger partial charge in [0.1, 0.15) is 0 Å². The number of rotatable bonds is 2. The normalized spacial score (nSPS) is 27.6. The molecule has 3 rings (SSSR count). The average Bonchev–Trinajstić information content (AvgIpc) is 2.85. The molecule has 0 saturated carbocycles. The molecule has 2 nitrogen and oxygen atoms in total. The van der Waals surface area contributed by atoms with E-state index >= 15 is 0 Å². The van der Waals surface area contributed by atoms with Crippen molar-refractivity contribution in [1.29, 1.82) is 0 Å². The Labute approximate surface area is 132 Å². The Balaban J connectivity index is 1.88. The summed E-state index contributed by atoms with van der Waals surface area (Å²) in [7, 11) is 0. The molecule has 2 unspecified atom stereocenters. The molecule has 1 aromatic rings. The molecule has 19 heavy (non-hydrogen) atoms. The minimum atomic E-state index is 0.605. The second-order valence-electron chi connectivity index (χ2n) is 5.70. The van der Waals surface area contributed by atoms with Gasteiger partial charge in [-0.2, -0.15) is 0 Å². The number of benzene rings is 1. The molecule has 0 aliphatic carbocycles. The number of piperazine rings is 1. The number of anilines is 1. The standard InChI is InChI=1S/C15H20Br2N2/c1-11-9-18-6-2-3-14(18)10-19(11)15-5-4-13(17)7-12(15)8-16/h4-5,7,11,14H,2-3,6,8-10H2,1H3. The molecule has 2 aliphatic heterocycles. The van der Waals surface area contributed by atoms with E-state index in [1.54, 1.807) is 0 Å². The fourth-order valence-electron chi connectivity index (χ4n) is 3.46. The maximum atomic E-state index is 3.63. The highest BCUT2D eigenvalue weighted by molar-refractivity contribution is 9.10. The monoisotopic (exact) mass is 386 g/mol. The lowest BCUT2D eigenvalue weighted by Crippen LogP contribution is -2.55. The van der Waals surface area contributed by atoms with Crippen LogP contribution in [0.4, 0.5) is 5.69 Å². The summed E-state index contributed by atoms with van der Waals surface area (Å²) in [6.45, 7) is 6.05. The van der Waals surface area contributed by atoms with E-state index in [1.165, 1.54) is 43.7 Å². The van der Waals surface area contributed by atoms with E-state index in [0.717, 1.165) is 15.8 Å². The van der Waals surface area contributed by atoms with E-state index in [4.69, 9.17) is 0 Å². The number of nitrogens with zero attached hydrogens (tertiary/aromatic N) is 2. The molecule has 2 aliphatic rings. The van der Waals surface area contributed by atoms with Crippen molar-refractivity contribution < 1.29 is 0 Å². The minimum absolute atomic E-state index is 0.605. The van der Waals surface area contributed by atoms with Crippen LogP contribution in [0.1, 0.15) is 25.3 Å². The third-order valence-corrected chi connectivity index (χ3v) is 5.53. The Bertz CT molecular complexity index is 463. The molecule has 104 valence electrons. The van der Waals surface area contributed by atoms with Crippen LogP contribution in [0.2, 0.25) is 0 Å². The fraction of sp³-hybridized carbons (Fsp3) is 0.600. The Kier molecular flexibility index (Phi) is 4.20. The molecule has 4 heteroatoms. The van der Waals surface area contributed by atoms with Gasteiger partial charge >= 0.3 is 0 Å². The summed E-state index contributed by atoms with van der Waals surface area (Å²) in [6, 6.07) is 8.03. The Morgan fingerprint density at radius 1 is 1.32 bits per heavy atom. The van der Waals surface area contributed by atoms with Crippen LogP contribution in [0.15, 0.2) is 22.7 Å². The molecule has 0 amide bonds. The number of halogens is 2. The summed E-state index contributed by atoms with van der Waals surface area (Å²) < 4.78 is 1.16. The first-order chi connectivity index (χ1) is 9.19. The maximum absolute atomic E-state index is 3.63. The molecular weight excluding hydrogens is 368 g/mol. The van der Waals surface area contributed by atoms with Crippen molar-refractivity contribution in [3.63, 3.8) is 0 Å². The van der Waals surface area contributed by atoms with Gasteiger partial charge in [0.05, 0.1) is 0 Å². The molecule has 0 bridgehead atoms. The Morgan fingerprint density at radius 2 is 2.16 bits per heavy atom. The molecule has 2 atom stereocenters. The van der Waals surface area contributed by atoms with Crippen LogP contribution in [0.3, 0.4) is 0 Å². The predicted molar refractivity (Wildman–Crippen MR) is 88.2 cm³/mol. The van der Waals surface area contributed by atoms with Crippen LogP contribution in [0.5, 0.6) is 0 Å². The van der Waals surface area contributed by atoms with E-state index < -0.39 is 0 Å². The summed E-state index contributed by atoms with van der Waals surface area (Å²) in [5.41, 5.74) is 2.78. The summed E-state index contributed by atoms with van der Waals surface area (Å²) in [5, 5.41) is 0.916. The van der Waals surface area contributed by atoms with E-state index in [-0.39, 0.29) is 0 Å². The molecule has 0 N–H and O–H groups in total. The molecule has 2 saturated heterocycles. The smallest absolute Gasteiger partial charge is 0.0411 e. The van der Waals surface area contributed by atoms with Crippen molar-refractivity contribution in [3.8, 4) is 0 Å². The van der Waals surface area contributed by atoms with Crippen molar-refractivity contribution in [3.05, 3.63) is 28.2 Å². The lowest BCUT2D eigenvalue weighted by molar-refractivity contribution is 0.203. The average molecular weight is 388 g/mol. The molecule has 0 aromatic heterocycles. The summed E-state index contributed by atoms with van der Waals surface area (Å²) >= 11 is 7.20. The summed E-state index contributed by atoms with van der Waals surface area (Å²) in [5.74, 6) is 0. The first-order valence-electron chi connectivity index (χ1n) is 7.04. The molecule has 2 fully saturated rings. The molecule has 0 spiro atoms. The SMILES string of the molecule is CC1CN2CCCC2CN1c1ccc(Br)cc1CBr. The zero-order valence-corrected chi connectivity index (χ0v) is 14.5. The lowest BCUT2D eigenvalue weighted by atomic mass is 10.0. The topological polar surface area (TPSA) is 6.48 Å².